The van der Waals surface area contributed by atoms with Gasteiger partial charge in [0, 0.05) is 36.5 Å². The number of thioether (sulfide) groups is 1. The monoisotopic (exact) mass is 454 g/mol. The summed E-state index contributed by atoms with van der Waals surface area (Å²) in [4.78, 5) is 33.8. The molecule has 10 heteroatoms. The summed E-state index contributed by atoms with van der Waals surface area (Å²) in [7, 11) is 0. The summed E-state index contributed by atoms with van der Waals surface area (Å²) in [6.07, 6.45) is 4.93. The van der Waals surface area contributed by atoms with Crippen molar-refractivity contribution in [3.05, 3.63) is 80.7 Å². The highest BCUT2D eigenvalue weighted by atomic mass is 35.5. The minimum atomic E-state index is -0.513. The molecular formula is C21H15ClN4O4S. The normalized spacial score (nSPS) is 16.5. The maximum absolute atomic E-state index is 12.8. The molecule has 0 spiro atoms. The van der Waals surface area contributed by atoms with E-state index in [1.54, 1.807) is 41.6 Å². The van der Waals surface area contributed by atoms with Crippen molar-refractivity contribution in [2.24, 2.45) is 4.99 Å². The van der Waals surface area contributed by atoms with Crippen molar-refractivity contribution in [2.45, 2.75) is 6.92 Å². The topological polar surface area (TPSA) is 102 Å². The van der Waals surface area contributed by atoms with E-state index < -0.39 is 4.92 Å². The molecule has 1 aliphatic heterocycles. The number of nitro benzene ring substituents is 1. The van der Waals surface area contributed by atoms with Gasteiger partial charge in [-0.1, -0.05) is 11.6 Å². The van der Waals surface area contributed by atoms with Gasteiger partial charge < -0.3 is 4.42 Å². The lowest BCUT2D eigenvalue weighted by atomic mass is 10.1. The third-order valence-corrected chi connectivity index (χ3v) is 5.72. The van der Waals surface area contributed by atoms with Crippen LogP contribution in [0.1, 0.15) is 12.7 Å². The predicted molar refractivity (Wildman–Crippen MR) is 120 cm³/mol. The smallest absolute Gasteiger partial charge is 0.270 e. The lowest BCUT2D eigenvalue weighted by Crippen LogP contribution is -2.28. The van der Waals surface area contributed by atoms with Crippen molar-refractivity contribution in [1.82, 2.24) is 9.88 Å². The van der Waals surface area contributed by atoms with E-state index >= 15 is 0 Å². The molecule has 0 bridgehead atoms. The van der Waals surface area contributed by atoms with Crippen LogP contribution in [-0.2, 0) is 4.79 Å². The number of halogens is 1. The zero-order valence-corrected chi connectivity index (χ0v) is 17.8. The Hall–Kier alpha value is -3.43. The predicted octanol–water partition coefficient (Wildman–Crippen LogP) is 5.53. The fourth-order valence-corrected chi connectivity index (χ4v) is 4.23. The second-order valence-electron chi connectivity index (χ2n) is 6.39. The molecule has 0 radical (unpaired) electrons. The van der Waals surface area contributed by atoms with Gasteiger partial charge in [-0.3, -0.25) is 24.8 Å². The quantitative estimate of drug-likeness (QED) is 0.285. The van der Waals surface area contributed by atoms with Crippen LogP contribution in [0.5, 0.6) is 0 Å². The highest BCUT2D eigenvalue weighted by Crippen LogP contribution is 2.36. The fourth-order valence-electron chi connectivity index (χ4n) is 2.92. The molecule has 1 aliphatic rings. The number of pyridine rings is 1. The number of rotatable bonds is 5. The number of nitro groups is 1. The van der Waals surface area contributed by atoms with Crippen LogP contribution in [0.25, 0.3) is 17.4 Å². The number of nitrogens with zero attached hydrogens (tertiary/aromatic N) is 4. The fraction of sp³-hybridized carbons (Fsp3) is 0.0952. The molecule has 0 N–H and O–H groups in total. The summed E-state index contributed by atoms with van der Waals surface area (Å²) in [5.41, 5.74) is 1.08. The zero-order chi connectivity index (χ0) is 22.0. The maximum Gasteiger partial charge on any atom is 0.270 e. The number of hydrogen-bond acceptors (Lipinski definition) is 7. The second-order valence-corrected chi connectivity index (χ2v) is 7.81. The van der Waals surface area contributed by atoms with Crippen LogP contribution >= 0.6 is 23.4 Å². The first-order valence-corrected chi connectivity index (χ1v) is 10.4. The third kappa shape index (κ3) is 4.37. The summed E-state index contributed by atoms with van der Waals surface area (Å²) in [6, 6.07) is 11.2. The van der Waals surface area contributed by atoms with Gasteiger partial charge in [0.1, 0.15) is 11.5 Å². The van der Waals surface area contributed by atoms with E-state index in [9.17, 15) is 14.9 Å². The van der Waals surface area contributed by atoms with Crippen molar-refractivity contribution in [2.75, 3.05) is 6.54 Å². The first kappa shape index (κ1) is 20.8. The van der Waals surface area contributed by atoms with Gasteiger partial charge in [-0.05, 0) is 49.0 Å². The van der Waals surface area contributed by atoms with Crippen molar-refractivity contribution in [3.8, 4) is 11.3 Å². The SMILES string of the molecule is CCN1C(=O)/C(=C\c2ccc(-c3ccc([N+](=O)[O-])cc3Cl)o2)SC1=Nc1cccnc1. The molecule has 31 heavy (non-hydrogen) atoms. The van der Waals surface area contributed by atoms with Gasteiger partial charge in [-0.25, -0.2) is 4.99 Å². The van der Waals surface area contributed by atoms with E-state index in [1.807, 2.05) is 13.0 Å². The lowest BCUT2D eigenvalue weighted by Gasteiger charge is -2.11. The van der Waals surface area contributed by atoms with Gasteiger partial charge in [0.05, 0.1) is 26.7 Å². The van der Waals surface area contributed by atoms with Gasteiger partial charge in [0.25, 0.3) is 11.6 Å². The van der Waals surface area contributed by atoms with Crippen molar-refractivity contribution in [3.63, 3.8) is 0 Å². The Kier molecular flexibility index (Phi) is 5.88. The molecule has 1 saturated heterocycles. The van der Waals surface area contributed by atoms with Crippen LogP contribution in [0.15, 0.2) is 69.2 Å². The molecule has 4 rings (SSSR count). The molecule has 8 nitrogen and oxygen atoms in total. The Balaban J connectivity index is 1.61. The molecular weight excluding hydrogens is 440 g/mol. The standard InChI is InChI=1S/C21H15ClN4O4S/c1-2-25-20(27)19(31-21(25)24-13-4-3-9-23-12-13)11-15-6-8-18(30-15)16-7-5-14(26(28)29)10-17(16)22/h3-12H,2H2,1H3/b19-11+,24-21?. The van der Waals surface area contributed by atoms with Crippen LogP contribution < -0.4 is 0 Å². The molecule has 0 aliphatic carbocycles. The van der Waals surface area contributed by atoms with Gasteiger partial charge in [0.15, 0.2) is 5.17 Å². The average molecular weight is 455 g/mol. The minimum absolute atomic E-state index is 0.101. The van der Waals surface area contributed by atoms with Gasteiger partial charge in [-0.2, -0.15) is 0 Å². The number of non-ortho nitro benzene ring substituents is 1. The van der Waals surface area contributed by atoms with E-state index in [1.165, 1.54) is 30.0 Å². The number of carbonyl (C=O) groups is 1. The molecule has 3 aromatic rings. The first-order chi connectivity index (χ1) is 15.0. The number of amidine groups is 1. The second kappa shape index (κ2) is 8.75. The molecule has 156 valence electrons. The molecule has 1 aromatic carbocycles. The lowest BCUT2D eigenvalue weighted by molar-refractivity contribution is -0.384. The number of likely N-dealkylation sites (N-methyl/N-ethyl adjacent to an activating group) is 1. The number of carbonyl (C=O) groups excluding carboxylic acids is 1. The van der Waals surface area contributed by atoms with E-state index in [-0.39, 0.29) is 16.6 Å². The molecule has 1 fully saturated rings. The minimum Gasteiger partial charge on any atom is -0.457 e. The number of benzene rings is 1. The Labute approximate surface area is 186 Å². The van der Waals surface area contributed by atoms with Crippen LogP contribution in [0.3, 0.4) is 0 Å². The van der Waals surface area contributed by atoms with E-state index in [4.69, 9.17) is 16.0 Å². The zero-order valence-electron chi connectivity index (χ0n) is 16.2. The third-order valence-electron chi connectivity index (χ3n) is 4.40. The Morgan fingerprint density at radius 1 is 1.32 bits per heavy atom. The summed E-state index contributed by atoms with van der Waals surface area (Å²) < 4.78 is 5.82. The summed E-state index contributed by atoms with van der Waals surface area (Å²) in [6.45, 7) is 2.35. The van der Waals surface area contributed by atoms with Crippen molar-refractivity contribution < 1.29 is 14.1 Å². The average Bonchev–Trinajstić information content (AvgIpc) is 3.33. The summed E-state index contributed by atoms with van der Waals surface area (Å²) >= 11 is 7.43. The number of aromatic nitrogens is 1. The number of aliphatic imine (C=N–C) groups is 1. The molecule has 2 aromatic heterocycles. The first-order valence-electron chi connectivity index (χ1n) is 9.20. The Bertz CT molecular complexity index is 1220. The van der Waals surface area contributed by atoms with Gasteiger partial charge in [0.2, 0.25) is 0 Å². The largest absolute Gasteiger partial charge is 0.457 e. The van der Waals surface area contributed by atoms with Gasteiger partial charge >= 0.3 is 0 Å². The van der Waals surface area contributed by atoms with Gasteiger partial charge in [-0.15, -0.1) is 0 Å². The Morgan fingerprint density at radius 3 is 2.84 bits per heavy atom. The highest BCUT2D eigenvalue weighted by molar-refractivity contribution is 8.18. The van der Waals surface area contributed by atoms with Crippen molar-refractivity contribution in [1.29, 1.82) is 0 Å². The molecule has 1 amide bonds. The molecule has 0 unspecified atom stereocenters. The van der Waals surface area contributed by atoms with E-state index in [0.29, 0.717) is 39.4 Å². The van der Waals surface area contributed by atoms with Crippen molar-refractivity contribution >= 4 is 51.9 Å². The molecule has 0 atom stereocenters. The Morgan fingerprint density at radius 2 is 2.16 bits per heavy atom. The van der Waals surface area contributed by atoms with E-state index in [0.717, 1.165) is 0 Å². The number of hydrogen-bond donors (Lipinski definition) is 0. The maximum atomic E-state index is 12.8. The van der Waals surface area contributed by atoms with Crippen LogP contribution in [-0.4, -0.2) is 32.4 Å². The molecule has 0 saturated carbocycles. The van der Waals surface area contributed by atoms with Crippen LogP contribution in [0, 0.1) is 10.1 Å². The van der Waals surface area contributed by atoms with Crippen LogP contribution in [0.4, 0.5) is 11.4 Å². The number of amides is 1. The van der Waals surface area contributed by atoms with Crippen LogP contribution in [0.2, 0.25) is 5.02 Å². The summed E-state index contributed by atoms with van der Waals surface area (Å²) in [5.74, 6) is 0.735. The molecule has 3 heterocycles. The summed E-state index contributed by atoms with van der Waals surface area (Å²) in [5, 5.41) is 11.7. The number of furan rings is 1. The van der Waals surface area contributed by atoms with E-state index in [2.05, 4.69) is 9.98 Å². The highest BCUT2D eigenvalue weighted by Gasteiger charge is 2.32.